The molecule has 0 amide bonds. The van der Waals surface area contributed by atoms with E-state index in [1.807, 2.05) is 0 Å². The molecule has 0 saturated carbocycles. The number of nitrogens with zero attached hydrogens (tertiary/aromatic N) is 1. The number of aliphatic hydroxyl groups excluding tert-OH is 2. The minimum absolute atomic E-state index is 0.0908. The summed E-state index contributed by atoms with van der Waals surface area (Å²) in [5, 5.41) is 18.0. The highest BCUT2D eigenvalue weighted by Crippen LogP contribution is 2.36. The highest BCUT2D eigenvalue weighted by Gasteiger charge is 2.28. The number of rotatable bonds is 8. The van der Waals surface area contributed by atoms with E-state index >= 15 is 0 Å². The summed E-state index contributed by atoms with van der Waals surface area (Å²) in [6.45, 7) is -0.945. The second-order valence-corrected chi connectivity index (χ2v) is 6.75. The number of aliphatic hydroxyl groups is 2. The summed E-state index contributed by atoms with van der Waals surface area (Å²) < 4.78 is 37.0. The fourth-order valence-electron chi connectivity index (χ4n) is 1.75. The zero-order chi connectivity index (χ0) is 16.0. The molecule has 1 aromatic rings. The van der Waals surface area contributed by atoms with Gasteiger partial charge in [-0.2, -0.15) is 4.31 Å². The lowest BCUT2D eigenvalue weighted by Gasteiger charge is -2.22. The lowest BCUT2D eigenvalue weighted by atomic mass is 10.3. The van der Waals surface area contributed by atoms with Gasteiger partial charge in [0, 0.05) is 19.2 Å². The van der Waals surface area contributed by atoms with Gasteiger partial charge in [0.25, 0.3) is 0 Å². The van der Waals surface area contributed by atoms with E-state index in [-0.39, 0.29) is 36.9 Å². The number of sulfonamides is 1. The van der Waals surface area contributed by atoms with Crippen LogP contribution in [0.3, 0.4) is 0 Å². The van der Waals surface area contributed by atoms with Crippen LogP contribution in [0.5, 0.6) is 11.5 Å². The first-order chi connectivity index (χ1) is 9.92. The summed E-state index contributed by atoms with van der Waals surface area (Å²) in [5.41, 5.74) is 0. The molecule has 0 radical (unpaired) electrons. The Hall–Kier alpha value is -0.870. The zero-order valence-electron chi connectivity index (χ0n) is 11.7. The minimum Gasteiger partial charge on any atom is -0.496 e. The topological polar surface area (TPSA) is 96.3 Å². The normalized spacial score (nSPS) is 11.7. The summed E-state index contributed by atoms with van der Waals surface area (Å²) >= 11 is 3.25. The maximum absolute atomic E-state index is 12.6. The van der Waals surface area contributed by atoms with Crippen molar-refractivity contribution in [1.82, 2.24) is 4.31 Å². The number of benzene rings is 1. The van der Waals surface area contributed by atoms with Crippen molar-refractivity contribution in [2.24, 2.45) is 0 Å². The van der Waals surface area contributed by atoms with Crippen molar-refractivity contribution in [3.05, 3.63) is 16.6 Å². The van der Waals surface area contributed by atoms with Gasteiger partial charge in [0.15, 0.2) is 0 Å². The minimum atomic E-state index is -3.93. The maximum Gasteiger partial charge on any atom is 0.247 e. The third kappa shape index (κ3) is 4.07. The largest absolute Gasteiger partial charge is 0.496 e. The van der Waals surface area contributed by atoms with Crippen LogP contribution >= 0.6 is 15.9 Å². The van der Waals surface area contributed by atoms with E-state index in [1.54, 1.807) is 0 Å². The SMILES string of the molecule is COc1cc(S(=O)(=O)N(CCO)CCO)c(OC)cc1Br. The third-order valence-corrected chi connectivity index (χ3v) is 5.29. The summed E-state index contributed by atoms with van der Waals surface area (Å²) in [6, 6.07) is 2.82. The molecule has 0 aromatic heterocycles. The van der Waals surface area contributed by atoms with Gasteiger partial charge in [0.1, 0.15) is 16.4 Å². The lowest BCUT2D eigenvalue weighted by molar-refractivity contribution is 0.217. The first-order valence-corrected chi connectivity index (χ1v) is 8.29. The number of methoxy groups -OCH3 is 2. The molecule has 0 atom stereocenters. The molecule has 21 heavy (non-hydrogen) atoms. The second kappa shape index (κ2) is 7.95. The van der Waals surface area contributed by atoms with E-state index in [1.165, 1.54) is 26.4 Å². The van der Waals surface area contributed by atoms with Crippen LogP contribution in [-0.4, -0.2) is 63.5 Å². The molecular formula is C12H18BrNO6S. The predicted octanol–water partition coefficient (Wildman–Crippen LogP) is 0.442. The Morgan fingerprint density at radius 1 is 1.10 bits per heavy atom. The standard InChI is InChI=1S/C12H18BrNO6S/c1-19-10-8-12(11(20-2)7-9(10)13)21(17,18)14(3-5-15)4-6-16/h7-8,15-16H,3-6H2,1-2H3. The van der Waals surface area contributed by atoms with Crippen molar-refractivity contribution in [3.8, 4) is 11.5 Å². The maximum atomic E-state index is 12.6. The number of hydrogen-bond acceptors (Lipinski definition) is 6. The summed E-state index contributed by atoms with van der Waals surface area (Å²) in [5.74, 6) is 0.478. The molecule has 7 nitrogen and oxygen atoms in total. The Morgan fingerprint density at radius 2 is 1.62 bits per heavy atom. The molecule has 0 bridgehead atoms. The molecule has 2 N–H and O–H groups in total. The Morgan fingerprint density at radius 3 is 2.05 bits per heavy atom. The van der Waals surface area contributed by atoms with Crippen LogP contribution in [0.15, 0.2) is 21.5 Å². The van der Waals surface area contributed by atoms with E-state index in [4.69, 9.17) is 19.7 Å². The average Bonchev–Trinajstić information content (AvgIpc) is 2.46. The third-order valence-electron chi connectivity index (χ3n) is 2.75. The average molecular weight is 384 g/mol. The molecule has 0 aliphatic carbocycles. The number of halogens is 1. The molecular weight excluding hydrogens is 366 g/mol. The van der Waals surface area contributed by atoms with Gasteiger partial charge in [-0.15, -0.1) is 0 Å². The number of ether oxygens (including phenoxy) is 2. The summed E-state index contributed by atoms with van der Waals surface area (Å²) in [7, 11) is -1.15. The molecule has 0 aliphatic heterocycles. The Labute approximate surface area is 132 Å². The van der Waals surface area contributed by atoms with Crippen LogP contribution in [0.1, 0.15) is 0 Å². The molecule has 0 heterocycles. The van der Waals surface area contributed by atoms with Gasteiger partial charge < -0.3 is 19.7 Å². The Kier molecular flexibility index (Phi) is 6.88. The van der Waals surface area contributed by atoms with Gasteiger partial charge in [-0.1, -0.05) is 0 Å². The predicted molar refractivity (Wildman–Crippen MR) is 80.2 cm³/mol. The van der Waals surface area contributed by atoms with Crippen LogP contribution in [0.2, 0.25) is 0 Å². The molecule has 0 unspecified atom stereocenters. The number of hydrogen-bond donors (Lipinski definition) is 2. The molecule has 0 fully saturated rings. The molecule has 1 rings (SSSR count). The van der Waals surface area contributed by atoms with E-state index < -0.39 is 10.0 Å². The van der Waals surface area contributed by atoms with Gasteiger partial charge >= 0.3 is 0 Å². The second-order valence-electron chi connectivity index (χ2n) is 3.99. The van der Waals surface area contributed by atoms with E-state index in [0.717, 1.165) is 4.31 Å². The van der Waals surface area contributed by atoms with Crippen LogP contribution < -0.4 is 9.47 Å². The van der Waals surface area contributed by atoms with E-state index in [0.29, 0.717) is 10.2 Å². The first kappa shape index (κ1) is 18.2. The van der Waals surface area contributed by atoms with Gasteiger partial charge in [-0.05, 0) is 22.0 Å². The fraction of sp³-hybridized carbons (Fsp3) is 0.500. The smallest absolute Gasteiger partial charge is 0.247 e. The molecule has 0 saturated heterocycles. The molecule has 9 heteroatoms. The highest BCUT2D eigenvalue weighted by molar-refractivity contribution is 9.10. The van der Waals surface area contributed by atoms with Crippen LogP contribution in [0, 0.1) is 0 Å². The Bertz CT molecular complexity index is 571. The molecule has 1 aromatic carbocycles. The summed E-state index contributed by atoms with van der Waals surface area (Å²) in [6.07, 6.45) is 0. The van der Waals surface area contributed by atoms with Crippen molar-refractivity contribution in [2.45, 2.75) is 4.90 Å². The zero-order valence-corrected chi connectivity index (χ0v) is 14.1. The molecule has 120 valence electrons. The van der Waals surface area contributed by atoms with Gasteiger partial charge in [-0.25, -0.2) is 8.42 Å². The van der Waals surface area contributed by atoms with E-state index in [2.05, 4.69) is 15.9 Å². The van der Waals surface area contributed by atoms with Crippen LogP contribution in [0.4, 0.5) is 0 Å². The van der Waals surface area contributed by atoms with Crippen molar-refractivity contribution in [2.75, 3.05) is 40.5 Å². The quantitative estimate of drug-likeness (QED) is 0.676. The lowest BCUT2D eigenvalue weighted by Crippen LogP contribution is -2.36. The van der Waals surface area contributed by atoms with Crippen molar-refractivity contribution >= 4 is 26.0 Å². The molecule has 0 aliphatic rings. The van der Waals surface area contributed by atoms with Gasteiger partial charge in [-0.3, -0.25) is 0 Å². The van der Waals surface area contributed by atoms with E-state index in [9.17, 15) is 8.42 Å². The van der Waals surface area contributed by atoms with Crippen molar-refractivity contribution in [3.63, 3.8) is 0 Å². The van der Waals surface area contributed by atoms with Crippen molar-refractivity contribution < 1.29 is 28.1 Å². The van der Waals surface area contributed by atoms with Gasteiger partial charge in [0.05, 0.1) is 31.9 Å². The van der Waals surface area contributed by atoms with Crippen molar-refractivity contribution in [1.29, 1.82) is 0 Å². The highest BCUT2D eigenvalue weighted by atomic mass is 79.9. The van der Waals surface area contributed by atoms with Crippen LogP contribution in [0.25, 0.3) is 0 Å². The Balaban J connectivity index is 3.40. The summed E-state index contributed by atoms with van der Waals surface area (Å²) in [4.78, 5) is -0.0908. The molecule has 0 spiro atoms. The van der Waals surface area contributed by atoms with Crippen LogP contribution in [-0.2, 0) is 10.0 Å². The monoisotopic (exact) mass is 383 g/mol. The van der Waals surface area contributed by atoms with Gasteiger partial charge in [0.2, 0.25) is 10.0 Å². The first-order valence-electron chi connectivity index (χ1n) is 6.05. The fourth-order valence-corrected chi connectivity index (χ4v) is 3.81.